The summed E-state index contributed by atoms with van der Waals surface area (Å²) in [6, 6.07) is 8.12. The van der Waals surface area contributed by atoms with Gasteiger partial charge in [-0.2, -0.15) is 0 Å². The molecular weight excluding hydrogens is 212 g/mol. The molecule has 3 heteroatoms. The zero-order valence-electron chi connectivity index (χ0n) is 9.98. The molecule has 1 aromatic rings. The summed E-state index contributed by atoms with van der Waals surface area (Å²) < 4.78 is 0. The molecule has 2 aliphatic rings. The molecule has 0 saturated carbocycles. The molecule has 3 rings (SSSR count). The number of benzene rings is 1. The zero-order valence-corrected chi connectivity index (χ0v) is 9.98. The Kier molecular flexibility index (Phi) is 2.85. The Morgan fingerprint density at radius 1 is 1.18 bits per heavy atom. The summed E-state index contributed by atoms with van der Waals surface area (Å²) in [5, 5.41) is 3.33. The molecule has 0 spiro atoms. The summed E-state index contributed by atoms with van der Waals surface area (Å²) in [6.45, 7) is 2.68. The number of likely N-dealkylation sites (tertiary alicyclic amines) is 1. The van der Waals surface area contributed by atoms with Crippen molar-refractivity contribution in [3.63, 3.8) is 0 Å². The van der Waals surface area contributed by atoms with Gasteiger partial charge >= 0.3 is 0 Å². The van der Waals surface area contributed by atoms with Gasteiger partial charge < -0.3 is 4.90 Å². The third kappa shape index (κ3) is 1.95. The van der Waals surface area contributed by atoms with Crippen molar-refractivity contribution in [3.8, 4) is 0 Å². The highest BCUT2D eigenvalue weighted by Crippen LogP contribution is 2.27. The van der Waals surface area contributed by atoms with Crippen molar-refractivity contribution >= 4 is 5.91 Å². The molecule has 0 aliphatic carbocycles. The summed E-state index contributed by atoms with van der Waals surface area (Å²) in [5.74, 6) is 0.259. The van der Waals surface area contributed by atoms with Crippen LogP contribution < -0.4 is 5.32 Å². The van der Waals surface area contributed by atoms with Gasteiger partial charge in [0.25, 0.3) is 0 Å². The van der Waals surface area contributed by atoms with E-state index in [0.717, 1.165) is 32.5 Å². The van der Waals surface area contributed by atoms with Crippen LogP contribution in [0.25, 0.3) is 0 Å². The van der Waals surface area contributed by atoms with Crippen LogP contribution in [0.3, 0.4) is 0 Å². The number of amides is 1. The number of rotatable bonds is 1. The van der Waals surface area contributed by atoms with Gasteiger partial charge in [0.1, 0.15) is 6.04 Å². The third-order valence-electron chi connectivity index (χ3n) is 3.78. The fourth-order valence-electron chi connectivity index (χ4n) is 2.82. The molecule has 1 N–H and O–H groups in total. The van der Waals surface area contributed by atoms with Crippen LogP contribution in [0.2, 0.25) is 0 Å². The first-order valence-corrected chi connectivity index (χ1v) is 6.46. The van der Waals surface area contributed by atoms with Gasteiger partial charge in [0, 0.05) is 19.6 Å². The van der Waals surface area contributed by atoms with Crippen molar-refractivity contribution in [2.75, 3.05) is 13.1 Å². The molecule has 1 atom stereocenters. The second-order valence-corrected chi connectivity index (χ2v) is 4.90. The molecular formula is C14H18N2O. The van der Waals surface area contributed by atoms with Crippen LogP contribution in [-0.2, 0) is 11.3 Å². The lowest BCUT2D eigenvalue weighted by Gasteiger charge is -2.29. The lowest BCUT2D eigenvalue weighted by Crippen LogP contribution is -2.41. The molecule has 0 radical (unpaired) electrons. The first-order valence-electron chi connectivity index (χ1n) is 6.46. The molecule has 90 valence electrons. The molecule has 0 aromatic heterocycles. The van der Waals surface area contributed by atoms with E-state index in [4.69, 9.17) is 0 Å². The molecule has 1 fully saturated rings. The second-order valence-electron chi connectivity index (χ2n) is 4.90. The van der Waals surface area contributed by atoms with E-state index >= 15 is 0 Å². The average Bonchev–Trinajstić information content (AvgIpc) is 2.83. The van der Waals surface area contributed by atoms with Gasteiger partial charge in [0.2, 0.25) is 5.91 Å². The van der Waals surface area contributed by atoms with Crippen LogP contribution >= 0.6 is 0 Å². The molecule has 17 heavy (non-hydrogen) atoms. The molecule has 1 saturated heterocycles. The first kappa shape index (κ1) is 10.8. The standard InChI is InChI=1S/C14H18N2O/c17-14(16-8-4-1-5-9-16)13-12-7-3-2-6-11(12)10-15-13/h2-3,6-7,13,15H,1,4-5,8-10H2. The number of nitrogens with one attached hydrogen (secondary N) is 1. The highest BCUT2D eigenvalue weighted by atomic mass is 16.2. The van der Waals surface area contributed by atoms with Gasteiger partial charge in [0.05, 0.1) is 0 Å². The van der Waals surface area contributed by atoms with Gasteiger partial charge in [-0.15, -0.1) is 0 Å². The number of carbonyl (C=O) groups excluding carboxylic acids is 1. The Morgan fingerprint density at radius 3 is 2.76 bits per heavy atom. The van der Waals surface area contributed by atoms with Crippen molar-refractivity contribution < 1.29 is 4.79 Å². The summed E-state index contributed by atoms with van der Waals surface area (Å²) in [5.41, 5.74) is 2.44. The van der Waals surface area contributed by atoms with Crippen LogP contribution in [0.15, 0.2) is 24.3 Å². The van der Waals surface area contributed by atoms with Crippen molar-refractivity contribution in [3.05, 3.63) is 35.4 Å². The van der Waals surface area contributed by atoms with Gasteiger partial charge in [-0.3, -0.25) is 10.1 Å². The molecule has 1 amide bonds. The normalized spacial score (nSPS) is 23.5. The van der Waals surface area contributed by atoms with E-state index < -0.39 is 0 Å². The van der Waals surface area contributed by atoms with E-state index in [9.17, 15) is 4.79 Å². The first-order chi connectivity index (χ1) is 8.36. The van der Waals surface area contributed by atoms with Crippen LogP contribution in [0, 0.1) is 0 Å². The Labute approximate surface area is 102 Å². The summed E-state index contributed by atoms with van der Waals surface area (Å²) in [6.07, 6.45) is 3.57. The topological polar surface area (TPSA) is 32.3 Å². The number of nitrogens with zero attached hydrogens (tertiary/aromatic N) is 1. The maximum atomic E-state index is 12.4. The minimum absolute atomic E-state index is 0.107. The van der Waals surface area contributed by atoms with Crippen LogP contribution in [0.1, 0.15) is 36.4 Å². The molecule has 1 unspecified atom stereocenters. The Hall–Kier alpha value is -1.35. The Morgan fingerprint density at radius 2 is 1.94 bits per heavy atom. The van der Waals surface area contributed by atoms with Gasteiger partial charge in [0.15, 0.2) is 0 Å². The highest BCUT2D eigenvalue weighted by Gasteiger charge is 2.31. The number of hydrogen-bond acceptors (Lipinski definition) is 2. The van der Waals surface area contributed by atoms with E-state index in [0.29, 0.717) is 0 Å². The van der Waals surface area contributed by atoms with Crippen molar-refractivity contribution in [2.45, 2.75) is 31.8 Å². The molecule has 0 bridgehead atoms. The third-order valence-corrected chi connectivity index (χ3v) is 3.78. The molecule has 1 aromatic carbocycles. The van der Waals surface area contributed by atoms with Crippen molar-refractivity contribution in [1.82, 2.24) is 10.2 Å². The smallest absolute Gasteiger partial charge is 0.244 e. The number of hydrogen-bond donors (Lipinski definition) is 1. The van der Waals surface area contributed by atoms with Gasteiger partial charge in [-0.05, 0) is 30.4 Å². The van der Waals surface area contributed by atoms with Crippen molar-refractivity contribution in [1.29, 1.82) is 0 Å². The Bertz CT molecular complexity index is 424. The monoisotopic (exact) mass is 230 g/mol. The minimum Gasteiger partial charge on any atom is -0.341 e. The highest BCUT2D eigenvalue weighted by molar-refractivity contribution is 5.84. The van der Waals surface area contributed by atoms with E-state index in [1.54, 1.807) is 0 Å². The lowest BCUT2D eigenvalue weighted by molar-refractivity contribution is -0.134. The van der Waals surface area contributed by atoms with Crippen LogP contribution in [0.5, 0.6) is 0 Å². The average molecular weight is 230 g/mol. The zero-order chi connectivity index (χ0) is 11.7. The molecule has 2 heterocycles. The molecule has 2 aliphatic heterocycles. The Balaban J connectivity index is 1.79. The van der Waals surface area contributed by atoms with Gasteiger partial charge in [-0.1, -0.05) is 24.3 Å². The van der Waals surface area contributed by atoms with E-state index in [-0.39, 0.29) is 11.9 Å². The SMILES string of the molecule is O=C(C1NCc2ccccc21)N1CCCCC1. The number of carbonyl (C=O) groups is 1. The minimum atomic E-state index is -0.107. The maximum absolute atomic E-state index is 12.4. The second kappa shape index (κ2) is 4.49. The largest absolute Gasteiger partial charge is 0.341 e. The molecule has 3 nitrogen and oxygen atoms in total. The summed E-state index contributed by atoms with van der Waals surface area (Å²) >= 11 is 0. The maximum Gasteiger partial charge on any atom is 0.244 e. The van der Waals surface area contributed by atoms with E-state index in [2.05, 4.69) is 17.4 Å². The van der Waals surface area contributed by atoms with Gasteiger partial charge in [-0.25, -0.2) is 0 Å². The van der Waals surface area contributed by atoms with E-state index in [1.807, 2.05) is 17.0 Å². The number of fused-ring (bicyclic) bond motifs is 1. The predicted molar refractivity (Wildman–Crippen MR) is 66.5 cm³/mol. The van der Waals surface area contributed by atoms with Crippen LogP contribution in [0.4, 0.5) is 0 Å². The predicted octanol–water partition coefficient (Wildman–Crippen LogP) is 1.84. The lowest BCUT2D eigenvalue weighted by atomic mass is 10.0. The van der Waals surface area contributed by atoms with Crippen LogP contribution in [-0.4, -0.2) is 23.9 Å². The van der Waals surface area contributed by atoms with E-state index in [1.165, 1.54) is 17.5 Å². The quantitative estimate of drug-likeness (QED) is 0.798. The number of piperidine rings is 1. The summed E-state index contributed by atoms with van der Waals surface area (Å²) in [7, 11) is 0. The summed E-state index contributed by atoms with van der Waals surface area (Å²) in [4.78, 5) is 14.4. The van der Waals surface area contributed by atoms with Crippen molar-refractivity contribution in [2.24, 2.45) is 0 Å². The fourth-order valence-corrected chi connectivity index (χ4v) is 2.82. The fraction of sp³-hybridized carbons (Fsp3) is 0.500.